The molecule has 0 bridgehead atoms. The van der Waals surface area contributed by atoms with Crippen LogP contribution in [0.5, 0.6) is 0 Å². The molecule has 1 aliphatic rings. The summed E-state index contributed by atoms with van der Waals surface area (Å²) in [7, 11) is 0. The number of ether oxygens (including phenoxy) is 2. The molecule has 1 saturated heterocycles. The first-order chi connectivity index (χ1) is 35.2. The molecule has 1 amide bonds. The second kappa shape index (κ2) is 50.2. The highest BCUT2D eigenvalue weighted by Gasteiger charge is 2.44. The Kier molecular flexibility index (Phi) is 47.6. The number of carbonyl (C=O) groups is 1. The summed E-state index contributed by atoms with van der Waals surface area (Å²) in [5.41, 5.74) is 0. The molecule has 1 fully saturated rings. The Labute approximate surface area is 441 Å². The molecule has 0 spiro atoms. The third kappa shape index (κ3) is 38.0. The van der Waals surface area contributed by atoms with Crippen LogP contribution in [0.25, 0.3) is 0 Å². The molecule has 0 aromatic rings. The fourth-order valence-electron chi connectivity index (χ4n) is 9.71. The SMILES string of the molecule is CCCCCCCCCCC/C=C\C/C=C\CCCCCCCCCCCCC(O)C(=O)NC(COC1OC(CO)C(O)C(O)C1O)C(O)C(O)CCC/C=C/CCCCCCCCCCCCCCCC. The maximum atomic E-state index is 13.2. The lowest BCUT2D eigenvalue weighted by Gasteiger charge is -2.40. The highest BCUT2D eigenvalue weighted by Crippen LogP contribution is 2.23. The van der Waals surface area contributed by atoms with E-state index in [9.17, 15) is 40.5 Å². The van der Waals surface area contributed by atoms with Crippen molar-refractivity contribution in [2.24, 2.45) is 0 Å². The van der Waals surface area contributed by atoms with Gasteiger partial charge in [-0.2, -0.15) is 0 Å². The normalized spacial score (nSPS) is 20.3. The average molecular weight is 1020 g/mol. The summed E-state index contributed by atoms with van der Waals surface area (Å²) in [4.78, 5) is 13.2. The molecule has 0 aromatic carbocycles. The van der Waals surface area contributed by atoms with Crippen LogP contribution in [0.15, 0.2) is 36.5 Å². The number of unbranched alkanes of at least 4 members (excludes halogenated alkanes) is 34. The number of allylic oxidation sites excluding steroid dienone is 6. The number of aliphatic hydroxyl groups excluding tert-OH is 7. The van der Waals surface area contributed by atoms with Gasteiger partial charge in [0.1, 0.15) is 36.6 Å². The van der Waals surface area contributed by atoms with E-state index in [1.165, 1.54) is 186 Å². The first kappa shape index (κ1) is 68.3. The lowest BCUT2D eigenvalue weighted by atomic mass is 9.98. The number of hydrogen-bond donors (Lipinski definition) is 8. The molecule has 424 valence electrons. The van der Waals surface area contributed by atoms with Gasteiger partial charge in [-0.25, -0.2) is 0 Å². The molecule has 8 N–H and O–H groups in total. The van der Waals surface area contributed by atoms with Crippen LogP contribution in [-0.4, -0.2) is 110 Å². The molecule has 0 aromatic heterocycles. The number of carbonyl (C=O) groups excluding carboxylic acids is 1. The number of hydrogen-bond acceptors (Lipinski definition) is 10. The zero-order valence-electron chi connectivity index (χ0n) is 46.4. The average Bonchev–Trinajstić information content (AvgIpc) is 3.38. The van der Waals surface area contributed by atoms with E-state index in [2.05, 4.69) is 55.6 Å². The molecule has 11 heteroatoms. The summed E-state index contributed by atoms with van der Waals surface area (Å²) in [5.74, 6) is -0.706. The Morgan fingerprint density at radius 1 is 0.486 bits per heavy atom. The van der Waals surface area contributed by atoms with Crippen molar-refractivity contribution in [1.82, 2.24) is 5.32 Å². The largest absolute Gasteiger partial charge is 0.394 e. The summed E-state index contributed by atoms with van der Waals surface area (Å²) in [6.45, 7) is 3.47. The zero-order valence-corrected chi connectivity index (χ0v) is 46.4. The quantitative estimate of drug-likeness (QED) is 0.0215. The van der Waals surface area contributed by atoms with E-state index in [-0.39, 0.29) is 12.8 Å². The third-order valence-corrected chi connectivity index (χ3v) is 14.7. The first-order valence-electron chi connectivity index (χ1n) is 30.4. The van der Waals surface area contributed by atoms with E-state index >= 15 is 0 Å². The van der Waals surface area contributed by atoms with Crippen molar-refractivity contribution in [3.05, 3.63) is 36.5 Å². The highest BCUT2D eigenvalue weighted by atomic mass is 16.7. The summed E-state index contributed by atoms with van der Waals surface area (Å²) in [5, 5.41) is 76.2. The van der Waals surface area contributed by atoms with Crippen LogP contribution in [-0.2, 0) is 14.3 Å². The lowest BCUT2D eigenvalue weighted by molar-refractivity contribution is -0.303. The molecule has 9 unspecified atom stereocenters. The Bertz CT molecular complexity index is 1260. The lowest BCUT2D eigenvalue weighted by Crippen LogP contribution is -2.60. The van der Waals surface area contributed by atoms with Crippen LogP contribution < -0.4 is 5.32 Å². The molecule has 1 aliphatic heterocycles. The van der Waals surface area contributed by atoms with Crippen molar-refractivity contribution in [1.29, 1.82) is 0 Å². The van der Waals surface area contributed by atoms with Crippen molar-refractivity contribution in [2.45, 2.75) is 332 Å². The summed E-state index contributed by atoms with van der Waals surface area (Å²) in [6, 6.07) is -1.19. The van der Waals surface area contributed by atoms with Gasteiger partial charge < -0.3 is 50.5 Å². The third-order valence-electron chi connectivity index (χ3n) is 14.7. The molecule has 1 rings (SSSR count). The Balaban J connectivity index is 2.30. The van der Waals surface area contributed by atoms with E-state index < -0.39 is 74.2 Å². The topological polar surface area (TPSA) is 189 Å². The summed E-state index contributed by atoms with van der Waals surface area (Å²) in [6.07, 6.45) is 50.6. The van der Waals surface area contributed by atoms with Crippen LogP contribution >= 0.6 is 0 Å². The second-order valence-corrected chi connectivity index (χ2v) is 21.4. The number of nitrogens with one attached hydrogen (secondary N) is 1. The smallest absolute Gasteiger partial charge is 0.249 e. The molecule has 0 radical (unpaired) electrons. The van der Waals surface area contributed by atoms with Gasteiger partial charge in [-0.1, -0.05) is 243 Å². The molecule has 1 heterocycles. The fourth-order valence-corrected chi connectivity index (χ4v) is 9.71. The van der Waals surface area contributed by atoms with Crippen LogP contribution in [0.2, 0.25) is 0 Å². The van der Waals surface area contributed by atoms with Crippen molar-refractivity contribution in [2.75, 3.05) is 13.2 Å². The minimum Gasteiger partial charge on any atom is -0.394 e. The Morgan fingerprint density at radius 2 is 0.861 bits per heavy atom. The maximum Gasteiger partial charge on any atom is 0.249 e. The van der Waals surface area contributed by atoms with E-state index in [0.29, 0.717) is 12.8 Å². The van der Waals surface area contributed by atoms with Crippen LogP contribution in [0.1, 0.15) is 277 Å². The maximum absolute atomic E-state index is 13.2. The van der Waals surface area contributed by atoms with Crippen LogP contribution in [0.4, 0.5) is 0 Å². The van der Waals surface area contributed by atoms with E-state index in [1.54, 1.807) is 0 Å². The van der Waals surface area contributed by atoms with Gasteiger partial charge in [0.25, 0.3) is 0 Å². The molecule has 0 aliphatic carbocycles. The van der Waals surface area contributed by atoms with Gasteiger partial charge in [0.2, 0.25) is 5.91 Å². The molecular formula is C61H115NO10. The Morgan fingerprint density at radius 3 is 1.28 bits per heavy atom. The van der Waals surface area contributed by atoms with Gasteiger partial charge in [0, 0.05) is 0 Å². The number of aliphatic hydroxyl groups is 7. The van der Waals surface area contributed by atoms with Crippen molar-refractivity contribution >= 4 is 5.91 Å². The summed E-state index contributed by atoms with van der Waals surface area (Å²) >= 11 is 0. The van der Waals surface area contributed by atoms with Crippen molar-refractivity contribution < 1.29 is 50.0 Å². The number of amides is 1. The zero-order chi connectivity index (χ0) is 52.5. The van der Waals surface area contributed by atoms with Crippen molar-refractivity contribution in [3.63, 3.8) is 0 Å². The standard InChI is InChI=1S/C61H115NO10/c1-3-5-7-9-11-13-15-17-19-21-23-24-25-26-27-28-29-31-33-35-37-39-41-43-45-47-49-54(65)60(70)62-52(51-71-61-59(69)58(68)57(67)55(50-63)72-61)56(66)53(64)48-46-44-42-40-38-36-34-32-30-22-20-18-16-14-12-10-8-6-4-2/h23-24,26-27,40,42,52-59,61,63-69H,3-22,25,28-39,41,43-51H2,1-2H3,(H,62,70)/b24-23-,27-26-,42-40+. The summed E-state index contributed by atoms with van der Waals surface area (Å²) < 4.78 is 11.1. The molecule has 0 saturated carbocycles. The predicted octanol–water partition coefficient (Wildman–Crippen LogP) is 13.1. The minimum absolute atomic E-state index is 0.251. The first-order valence-corrected chi connectivity index (χ1v) is 30.4. The van der Waals surface area contributed by atoms with E-state index in [1.807, 2.05) is 0 Å². The molecule has 72 heavy (non-hydrogen) atoms. The van der Waals surface area contributed by atoms with Gasteiger partial charge in [-0.05, 0) is 70.6 Å². The fraction of sp³-hybridized carbons (Fsp3) is 0.885. The molecule has 11 nitrogen and oxygen atoms in total. The van der Waals surface area contributed by atoms with Gasteiger partial charge in [0.05, 0.1) is 25.4 Å². The van der Waals surface area contributed by atoms with E-state index in [0.717, 1.165) is 51.4 Å². The van der Waals surface area contributed by atoms with Gasteiger partial charge in [-0.3, -0.25) is 4.79 Å². The van der Waals surface area contributed by atoms with Crippen molar-refractivity contribution in [3.8, 4) is 0 Å². The van der Waals surface area contributed by atoms with E-state index in [4.69, 9.17) is 9.47 Å². The monoisotopic (exact) mass is 1020 g/mol. The van der Waals surface area contributed by atoms with Crippen LogP contribution in [0, 0.1) is 0 Å². The van der Waals surface area contributed by atoms with Gasteiger partial charge >= 0.3 is 0 Å². The Hall–Kier alpha value is -1.67. The minimum atomic E-state index is -1.67. The highest BCUT2D eigenvalue weighted by molar-refractivity contribution is 5.80. The number of rotatable bonds is 52. The predicted molar refractivity (Wildman–Crippen MR) is 298 cm³/mol. The molecular weight excluding hydrogens is 907 g/mol. The molecule has 9 atom stereocenters. The second-order valence-electron chi connectivity index (χ2n) is 21.4. The van der Waals surface area contributed by atoms with Gasteiger partial charge in [0.15, 0.2) is 6.29 Å². The van der Waals surface area contributed by atoms with Crippen LogP contribution in [0.3, 0.4) is 0 Å². The van der Waals surface area contributed by atoms with Gasteiger partial charge in [-0.15, -0.1) is 0 Å².